The Kier molecular flexibility index (Phi) is 11.9. The number of hydrogen-bond donors (Lipinski definition) is 3. The molecule has 4 amide bonds. The van der Waals surface area contributed by atoms with Gasteiger partial charge in [0.05, 0.1) is 43.0 Å². The Bertz CT molecular complexity index is 2010. The van der Waals surface area contributed by atoms with E-state index >= 15 is 0 Å². The van der Waals surface area contributed by atoms with Gasteiger partial charge < -0.3 is 44.7 Å². The zero-order valence-corrected chi connectivity index (χ0v) is 34.0. The minimum atomic E-state index is -0.679. The average Bonchev–Trinajstić information content (AvgIpc) is 4.01. The van der Waals surface area contributed by atoms with Crippen LogP contribution in [0.2, 0.25) is 0 Å². The predicted octanol–water partition coefficient (Wildman–Crippen LogP) is 5.32. The molecule has 3 fully saturated rings. The zero-order chi connectivity index (χ0) is 40.4. The Morgan fingerprint density at radius 1 is 0.719 bits per heavy atom. The van der Waals surface area contributed by atoms with Crippen molar-refractivity contribution in [3.63, 3.8) is 0 Å². The van der Waals surface area contributed by atoms with Gasteiger partial charge in [0.15, 0.2) is 0 Å². The highest BCUT2D eigenvalue weighted by atomic mass is 16.5. The molecule has 57 heavy (non-hydrogen) atoms. The Hall–Kier alpha value is -5.34. The second kappa shape index (κ2) is 17.0. The fourth-order valence-electron chi connectivity index (χ4n) is 8.85. The van der Waals surface area contributed by atoms with E-state index in [2.05, 4.69) is 61.8 Å². The summed E-state index contributed by atoms with van der Waals surface area (Å²) in [7, 11) is 2.61. The van der Waals surface area contributed by atoms with Gasteiger partial charge in [-0.3, -0.25) is 14.6 Å². The zero-order valence-electron chi connectivity index (χ0n) is 34.0. The number of hydrogen-bond acceptors (Lipinski definition) is 10. The van der Waals surface area contributed by atoms with Gasteiger partial charge in [0.2, 0.25) is 11.8 Å². The van der Waals surface area contributed by atoms with Crippen molar-refractivity contribution in [2.24, 2.45) is 16.8 Å². The topological polar surface area (TPSA) is 165 Å². The number of amides is 4. The number of imidazole rings is 1. The lowest BCUT2D eigenvalue weighted by Gasteiger charge is -2.30. The van der Waals surface area contributed by atoms with E-state index in [1.165, 1.54) is 25.5 Å². The third kappa shape index (κ3) is 8.38. The quantitative estimate of drug-likeness (QED) is 0.247. The summed E-state index contributed by atoms with van der Waals surface area (Å²) < 4.78 is 9.58. The van der Waals surface area contributed by atoms with Crippen LogP contribution in [0.1, 0.15) is 77.2 Å². The number of aromatic nitrogens is 2. The van der Waals surface area contributed by atoms with Gasteiger partial charge in [0, 0.05) is 62.8 Å². The minimum Gasteiger partial charge on any atom is -0.453 e. The summed E-state index contributed by atoms with van der Waals surface area (Å²) in [6.07, 6.45) is 3.90. The second-order valence-electron chi connectivity index (χ2n) is 16.3. The number of likely N-dealkylation sites (tertiary alicyclic amines) is 2. The van der Waals surface area contributed by atoms with E-state index in [1.54, 1.807) is 0 Å². The number of methoxy groups -OCH3 is 2. The first kappa shape index (κ1) is 39.9. The number of rotatable bonds is 10. The Morgan fingerprint density at radius 3 is 1.88 bits per heavy atom. The normalized spacial score (nSPS) is 20.7. The first-order valence-electron chi connectivity index (χ1n) is 20.5. The van der Waals surface area contributed by atoms with Gasteiger partial charge >= 0.3 is 12.2 Å². The molecule has 0 bridgehead atoms. The first-order chi connectivity index (χ1) is 27.4. The van der Waals surface area contributed by atoms with Crippen molar-refractivity contribution in [2.75, 3.05) is 63.3 Å². The molecule has 3 aromatic rings. The fourth-order valence-corrected chi connectivity index (χ4v) is 8.85. The van der Waals surface area contributed by atoms with Gasteiger partial charge in [0.25, 0.3) is 0 Å². The van der Waals surface area contributed by atoms with Crippen molar-refractivity contribution in [1.82, 2.24) is 30.4 Å². The summed E-state index contributed by atoms with van der Waals surface area (Å²) in [5, 5.41) is 5.46. The maximum atomic E-state index is 13.7. The highest BCUT2D eigenvalue weighted by Gasteiger charge is 2.40. The third-order valence-corrected chi connectivity index (χ3v) is 12.0. The number of aromatic amines is 1. The van der Waals surface area contributed by atoms with Crippen molar-refractivity contribution in [2.45, 2.75) is 90.4 Å². The predicted molar refractivity (Wildman–Crippen MR) is 219 cm³/mol. The molecule has 0 unspecified atom stereocenters. The maximum Gasteiger partial charge on any atom is 0.407 e. The van der Waals surface area contributed by atoms with Crippen LogP contribution in [0, 0.1) is 11.8 Å². The van der Waals surface area contributed by atoms with E-state index in [0.29, 0.717) is 19.5 Å². The summed E-state index contributed by atoms with van der Waals surface area (Å²) in [6, 6.07) is 11.3. The highest BCUT2D eigenvalue weighted by Crippen LogP contribution is 2.36. The number of nitrogens with zero attached hydrogens (tertiary/aromatic N) is 6. The van der Waals surface area contributed by atoms with Crippen molar-refractivity contribution >= 4 is 57.8 Å². The molecule has 0 radical (unpaired) electrons. The molecular weight excluding hydrogens is 727 g/mol. The summed E-state index contributed by atoms with van der Waals surface area (Å²) in [5.74, 6) is 0.380. The lowest BCUT2D eigenvalue weighted by atomic mass is 10.00. The Balaban J connectivity index is 0.988. The molecule has 4 aliphatic rings. The molecular formula is C42H57N9O6. The molecule has 7 rings (SSSR count). The molecule has 3 saturated heterocycles. The van der Waals surface area contributed by atoms with Gasteiger partial charge in [-0.05, 0) is 85.9 Å². The fraction of sp³-hybridized carbons (Fsp3) is 0.571. The molecule has 4 aliphatic heterocycles. The van der Waals surface area contributed by atoms with Crippen molar-refractivity contribution in [3.8, 4) is 0 Å². The van der Waals surface area contributed by atoms with E-state index in [0.717, 1.165) is 92.2 Å². The smallest absolute Gasteiger partial charge is 0.407 e. The number of anilines is 2. The van der Waals surface area contributed by atoms with Crippen LogP contribution in [0.15, 0.2) is 41.4 Å². The monoisotopic (exact) mass is 783 g/mol. The minimum absolute atomic E-state index is 0.0802. The van der Waals surface area contributed by atoms with Crippen LogP contribution in [0.3, 0.4) is 0 Å². The van der Waals surface area contributed by atoms with Gasteiger partial charge in [-0.15, -0.1) is 0 Å². The van der Waals surface area contributed by atoms with Crippen LogP contribution in [-0.4, -0.2) is 121 Å². The maximum absolute atomic E-state index is 13.7. The van der Waals surface area contributed by atoms with Crippen molar-refractivity contribution < 1.29 is 28.7 Å². The standard InChI is InChI=1S/C42H57N9O6/c1-25(2)36(46-41(54)56-5)39(52)50-18-7-10-34(50)33-23-27-22-28(12-14-30(27)43-33)48-16-9-17-49(21-20-48)29-13-15-31-32(24-29)45-38(44-31)35-11-8-19-51(35)40(53)37(26(3)4)47-42(55)57-6/h12-15,22,24-26,34-37H,7-11,16-21,23H2,1-6H3,(H,44,45)(H,46,54)(H,47,55)/t34-,35-,36-,37-/m0/s1. The lowest BCUT2D eigenvalue weighted by molar-refractivity contribution is -0.135. The van der Waals surface area contributed by atoms with E-state index in [9.17, 15) is 19.2 Å². The third-order valence-electron chi connectivity index (χ3n) is 12.0. The molecule has 0 spiro atoms. The Morgan fingerprint density at radius 2 is 1.28 bits per heavy atom. The number of carbonyl (C=O) groups excluding carboxylic acids is 4. The number of benzene rings is 2. The van der Waals surface area contributed by atoms with Gasteiger partial charge in [-0.1, -0.05) is 27.7 Å². The molecule has 3 N–H and O–H groups in total. The number of aliphatic imine (C=N–C) groups is 1. The van der Waals surface area contributed by atoms with Crippen LogP contribution < -0.4 is 20.4 Å². The number of nitrogens with one attached hydrogen (secondary N) is 3. The van der Waals surface area contributed by atoms with Crippen LogP contribution in [-0.2, 0) is 25.5 Å². The number of alkyl carbamates (subject to hydrolysis) is 2. The number of H-pyrrole nitrogens is 1. The van der Waals surface area contributed by atoms with E-state index < -0.39 is 24.3 Å². The SMILES string of the molecule is COC(=O)N[C@H](C(=O)N1CCC[C@H]1C1=Nc2ccc(N3CCCN(c4ccc5nc([C@@H]6CCCN6C(=O)[C@@H](NC(=O)OC)C(C)C)[nH]c5c4)CC3)cc2C1)C(C)C. The number of fused-ring (bicyclic) bond motifs is 2. The van der Waals surface area contributed by atoms with E-state index in [-0.39, 0.29) is 35.7 Å². The van der Waals surface area contributed by atoms with E-state index in [4.69, 9.17) is 19.5 Å². The lowest BCUT2D eigenvalue weighted by Crippen LogP contribution is -2.53. The molecule has 0 saturated carbocycles. The van der Waals surface area contributed by atoms with Crippen LogP contribution in [0.4, 0.5) is 26.7 Å². The highest BCUT2D eigenvalue weighted by molar-refractivity contribution is 6.01. The summed E-state index contributed by atoms with van der Waals surface area (Å²) in [5.41, 5.74) is 7.26. The molecule has 15 heteroatoms. The molecule has 5 heterocycles. The van der Waals surface area contributed by atoms with Gasteiger partial charge in [-0.2, -0.15) is 0 Å². The van der Waals surface area contributed by atoms with Gasteiger partial charge in [0.1, 0.15) is 17.9 Å². The van der Waals surface area contributed by atoms with Crippen LogP contribution >= 0.6 is 0 Å². The first-order valence-corrected chi connectivity index (χ1v) is 20.5. The average molecular weight is 784 g/mol. The van der Waals surface area contributed by atoms with E-state index in [1.807, 2.05) is 37.5 Å². The summed E-state index contributed by atoms with van der Waals surface area (Å²) in [6.45, 7) is 12.5. The molecule has 2 aromatic carbocycles. The largest absolute Gasteiger partial charge is 0.453 e. The van der Waals surface area contributed by atoms with Crippen LogP contribution in [0.25, 0.3) is 11.0 Å². The summed E-state index contributed by atoms with van der Waals surface area (Å²) >= 11 is 0. The second-order valence-corrected chi connectivity index (χ2v) is 16.3. The molecule has 4 atom stereocenters. The molecule has 1 aromatic heterocycles. The van der Waals surface area contributed by atoms with Crippen molar-refractivity contribution in [3.05, 3.63) is 47.8 Å². The molecule has 15 nitrogen and oxygen atoms in total. The van der Waals surface area contributed by atoms with Crippen LogP contribution in [0.5, 0.6) is 0 Å². The molecule has 0 aliphatic carbocycles. The van der Waals surface area contributed by atoms with Crippen molar-refractivity contribution in [1.29, 1.82) is 0 Å². The molecule has 306 valence electrons. The number of carbonyl (C=O) groups is 4. The number of ether oxygens (including phenoxy) is 2. The summed E-state index contributed by atoms with van der Waals surface area (Å²) in [4.78, 5) is 73.5. The van der Waals surface area contributed by atoms with Gasteiger partial charge in [-0.25, -0.2) is 14.6 Å². The Labute approximate surface area is 334 Å².